The predicted molar refractivity (Wildman–Crippen MR) is 135 cm³/mol. The molecule has 5 aromatic rings. The number of carbonyl (C=O) groups excluding carboxylic acids is 1. The van der Waals surface area contributed by atoms with Gasteiger partial charge < -0.3 is 5.32 Å². The second-order valence-electron chi connectivity index (χ2n) is 8.91. The zero-order valence-corrected chi connectivity index (χ0v) is 20.2. The summed E-state index contributed by atoms with van der Waals surface area (Å²) < 4.78 is 1.69. The number of fused-ring (bicyclic) bond motifs is 2. The third-order valence-electron chi connectivity index (χ3n) is 6.07. The first-order valence-electron chi connectivity index (χ1n) is 11.2. The molecule has 7 nitrogen and oxygen atoms in total. The number of anilines is 1. The third-order valence-corrected chi connectivity index (χ3v) is 6.07. The Labute approximate surface area is 197 Å². The van der Waals surface area contributed by atoms with Crippen molar-refractivity contribution < 1.29 is 4.79 Å². The molecule has 34 heavy (non-hydrogen) atoms. The highest BCUT2D eigenvalue weighted by Gasteiger charge is 2.16. The van der Waals surface area contributed by atoms with Gasteiger partial charge in [0.25, 0.3) is 5.91 Å². The lowest BCUT2D eigenvalue weighted by atomic mass is 10.0. The molecule has 0 aliphatic heterocycles. The van der Waals surface area contributed by atoms with Crippen LogP contribution in [0.3, 0.4) is 0 Å². The maximum absolute atomic E-state index is 13.2. The molecule has 0 atom stereocenters. The molecule has 2 aromatic carbocycles. The number of nitrogens with zero attached hydrogens (tertiary/aromatic N) is 5. The molecule has 1 N–H and O–H groups in total. The first-order chi connectivity index (χ1) is 16.2. The van der Waals surface area contributed by atoms with Crippen LogP contribution in [0.2, 0.25) is 0 Å². The van der Waals surface area contributed by atoms with Crippen LogP contribution in [-0.4, -0.2) is 30.6 Å². The number of amides is 1. The molecule has 0 unspecified atom stereocenters. The monoisotopic (exact) mass is 450 g/mol. The van der Waals surface area contributed by atoms with E-state index in [4.69, 9.17) is 4.98 Å². The fraction of sp³-hybridized carbons (Fsp3) is 0.222. The van der Waals surface area contributed by atoms with Gasteiger partial charge in [-0.25, -0.2) is 15.0 Å². The summed E-state index contributed by atoms with van der Waals surface area (Å²) >= 11 is 0. The number of nitrogens with one attached hydrogen (secondary N) is 1. The van der Waals surface area contributed by atoms with Crippen molar-refractivity contribution >= 4 is 33.7 Å². The first kappa shape index (κ1) is 21.7. The van der Waals surface area contributed by atoms with E-state index in [0.717, 1.165) is 44.6 Å². The van der Waals surface area contributed by atoms with Gasteiger partial charge in [0.15, 0.2) is 5.82 Å². The standard InChI is InChI=1S/C27H26N6O/c1-14-9-16(3)26-21(10-14)15(2)11-24(30-26)33-25(12-17(4)32-33)31-27(34)20-7-8-22-23(13-20)29-19(6)18(5)28-22/h7-13H,1-6H3,(H,31,34). The van der Waals surface area contributed by atoms with Crippen molar-refractivity contribution in [3.05, 3.63) is 81.8 Å². The molecule has 1 amide bonds. The quantitative estimate of drug-likeness (QED) is 0.394. The zero-order valence-electron chi connectivity index (χ0n) is 20.2. The van der Waals surface area contributed by atoms with Crippen LogP contribution in [0.25, 0.3) is 27.8 Å². The van der Waals surface area contributed by atoms with Gasteiger partial charge in [-0.1, -0.05) is 11.6 Å². The summed E-state index contributed by atoms with van der Waals surface area (Å²) in [6.07, 6.45) is 0. The summed E-state index contributed by atoms with van der Waals surface area (Å²) in [7, 11) is 0. The topological polar surface area (TPSA) is 85.6 Å². The average molecular weight is 451 g/mol. The molecule has 3 heterocycles. The number of hydrogen-bond donors (Lipinski definition) is 1. The molecule has 7 heteroatoms. The summed E-state index contributed by atoms with van der Waals surface area (Å²) in [5, 5.41) is 8.74. The molecule has 3 aromatic heterocycles. The van der Waals surface area contributed by atoms with E-state index in [1.54, 1.807) is 16.8 Å². The molecule has 0 saturated carbocycles. The van der Waals surface area contributed by atoms with Crippen molar-refractivity contribution in [1.29, 1.82) is 0 Å². The van der Waals surface area contributed by atoms with E-state index in [0.29, 0.717) is 22.7 Å². The Morgan fingerprint density at radius 1 is 0.794 bits per heavy atom. The lowest BCUT2D eigenvalue weighted by molar-refractivity contribution is 0.102. The van der Waals surface area contributed by atoms with Gasteiger partial charge in [0.2, 0.25) is 0 Å². The van der Waals surface area contributed by atoms with Gasteiger partial charge in [-0.3, -0.25) is 4.79 Å². The number of rotatable bonds is 3. The van der Waals surface area contributed by atoms with Crippen molar-refractivity contribution in [1.82, 2.24) is 24.7 Å². The highest BCUT2D eigenvalue weighted by molar-refractivity contribution is 6.05. The van der Waals surface area contributed by atoms with Crippen molar-refractivity contribution in [3.63, 3.8) is 0 Å². The molecule has 0 fully saturated rings. The lowest BCUT2D eigenvalue weighted by Gasteiger charge is -2.12. The van der Waals surface area contributed by atoms with Crippen LogP contribution in [0.5, 0.6) is 0 Å². The van der Waals surface area contributed by atoms with Gasteiger partial charge in [0, 0.05) is 17.0 Å². The van der Waals surface area contributed by atoms with Crippen molar-refractivity contribution in [2.75, 3.05) is 5.32 Å². The average Bonchev–Trinajstić information content (AvgIpc) is 3.14. The number of pyridine rings is 1. The fourth-order valence-corrected chi connectivity index (χ4v) is 4.26. The largest absolute Gasteiger partial charge is 0.306 e. The van der Waals surface area contributed by atoms with Gasteiger partial charge >= 0.3 is 0 Å². The van der Waals surface area contributed by atoms with Crippen LogP contribution in [0.4, 0.5) is 5.82 Å². The van der Waals surface area contributed by atoms with Crippen LogP contribution in [-0.2, 0) is 0 Å². The van der Waals surface area contributed by atoms with Crippen molar-refractivity contribution in [3.8, 4) is 5.82 Å². The summed E-state index contributed by atoms with van der Waals surface area (Å²) in [5.41, 5.74) is 8.83. The smallest absolute Gasteiger partial charge is 0.256 e. The number of aromatic nitrogens is 5. The predicted octanol–water partition coefficient (Wildman–Crippen LogP) is 5.47. The van der Waals surface area contributed by atoms with E-state index in [2.05, 4.69) is 53.3 Å². The number of carbonyl (C=O) groups is 1. The SMILES string of the molecule is Cc1cc(C)c2nc(-n3nc(C)cc3NC(=O)c3ccc4nc(C)c(C)nc4c3)cc(C)c2c1. The molecular weight excluding hydrogens is 424 g/mol. The maximum atomic E-state index is 13.2. The number of aryl methyl sites for hydroxylation is 6. The third kappa shape index (κ3) is 3.79. The van der Waals surface area contributed by atoms with Crippen molar-refractivity contribution in [2.45, 2.75) is 41.5 Å². The Balaban J connectivity index is 1.53. The Hall–Kier alpha value is -4.13. The molecule has 170 valence electrons. The highest BCUT2D eigenvalue weighted by Crippen LogP contribution is 2.26. The van der Waals surface area contributed by atoms with Crippen LogP contribution in [0.15, 0.2) is 42.5 Å². The molecule has 0 radical (unpaired) electrons. The molecule has 0 spiro atoms. The summed E-state index contributed by atoms with van der Waals surface area (Å²) in [6, 6.07) is 13.5. The van der Waals surface area contributed by atoms with Gasteiger partial charge in [0.1, 0.15) is 5.82 Å². The van der Waals surface area contributed by atoms with E-state index in [1.165, 1.54) is 5.56 Å². The lowest BCUT2D eigenvalue weighted by Crippen LogP contribution is -2.16. The van der Waals surface area contributed by atoms with Gasteiger partial charge in [-0.05, 0) is 83.0 Å². The van der Waals surface area contributed by atoms with E-state index in [-0.39, 0.29) is 5.91 Å². The highest BCUT2D eigenvalue weighted by atomic mass is 16.1. The van der Waals surface area contributed by atoms with E-state index >= 15 is 0 Å². The molecule has 0 aliphatic carbocycles. The Kier molecular flexibility index (Phi) is 5.12. The van der Waals surface area contributed by atoms with Crippen LogP contribution >= 0.6 is 0 Å². The van der Waals surface area contributed by atoms with Crippen LogP contribution in [0, 0.1) is 41.5 Å². The van der Waals surface area contributed by atoms with Crippen LogP contribution < -0.4 is 5.32 Å². The molecule has 5 rings (SSSR count). The maximum Gasteiger partial charge on any atom is 0.256 e. The summed E-state index contributed by atoms with van der Waals surface area (Å²) in [4.78, 5) is 27.2. The minimum absolute atomic E-state index is 0.243. The molecule has 0 bridgehead atoms. The number of hydrogen-bond acceptors (Lipinski definition) is 5. The first-order valence-corrected chi connectivity index (χ1v) is 11.2. The molecular formula is C27H26N6O. The second-order valence-corrected chi connectivity index (χ2v) is 8.91. The minimum atomic E-state index is -0.243. The number of benzene rings is 2. The second kappa shape index (κ2) is 8.02. The van der Waals surface area contributed by atoms with E-state index < -0.39 is 0 Å². The summed E-state index contributed by atoms with van der Waals surface area (Å²) in [6.45, 7) is 12.0. The molecule has 0 saturated heterocycles. The Morgan fingerprint density at radius 3 is 2.29 bits per heavy atom. The summed E-state index contributed by atoms with van der Waals surface area (Å²) in [5.74, 6) is 0.980. The van der Waals surface area contributed by atoms with E-state index in [9.17, 15) is 4.79 Å². The Morgan fingerprint density at radius 2 is 1.53 bits per heavy atom. The molecule has 0 aliphatic rings. The normalized spacial score (nSPS) is 11.4. The zero-order chi connectivity index (χ0) is 24.1. The van der Waals surface area contributed by atoms with Gasteiger partial charge in [0.05, 0.1) is 33.6 Å². The fourth-order valence-electron chi connectivity index (χ4n) is 4.26. The minimum Gasteiger partial charge on any atom is -0.306 e. The van der Waals surface area contributed by atoms with E-state index in [1.807, 2.05) is 39.0 Å². The van der Waals surface area contributed by atoms with Crippen molar-refractivity contribution in [2.24, 2.45) is 0 Å². The van der Waals surface area contributed by atoms with Gasteiger partial charge in [-0.2, -0.15) is 9.78 Å². The van der Waals surface area contributed by atoms with Gasteiger partial charge in [-0.15, -0.1) is 0 Å². The Bertz CT molecular complexity index is 1620. The van der Waals surface area contributed by atoms with Crippen LogP contribution in [0.1, 0.15) is 44.1 Å².